The molecule has 0 radical (unpaired) electrons. The van der Waals surface area contributed by atoms with Gasteiger partial charge in [0.05, 0.1) is 12.1 Å². The zero-order valence-corrected chi connectivity index (χ0v) is 16.0. The fraction of sp³-hybridized carbons (Fsp3) is 0.895. The smallest absolute Gasteiger partial charge is 0.239 e. The van der Waals surface area contributed by atoms with Crippen molar-refractivity contribution in [3.05, 3.63) is 0 Å². The van der Waals surface area contributed by atoms with Gasteiger partial charge in [0.2, 0.25) is 11.8 Å². The third-order valence-corrected chi connectivity index (χ3v) is 6.31. The molecule has 3 aliphatic rings. The Kier molecular flexibility index (Phi) is 6.89. The van der Waals surface area contributed by atoms with Crippen LogP contribution in [0.25, 0.3) is 0 Å². The van der Waals surface area contributed by atoms with E-state index in [1.807, 2.05) is 11.8 Å². The lowest BCUT2D eigenvalue weighted by Gasteiger charge is -2.39. The summed E-state index contributed by atoms with van der Waals surface area (Å²) >= 11 is 0. The molecule has 2 heterocycles. The summed E-state index contributed by atoms with van der Waals surface area (Å²) in [5.74, 6) is 0.403. The molecule has 148 valence electrons. The van der Waals surface area contributed by atoms with Gasteiger partial charge in [-0.2, -0.15) is 0 Å². The normalized spacial score (nSPS) is 25.8. The lowest BCUT2D eigenvalue weighted by Crippen LogP contribution is -2.58. The summed E-state index contributed by atoms with van der Waals surface area (Å²) in [5.41, 5.74) is 6.23. The SMILES string of the molecule is CC(C(=O)NC1CCCC1)N1CCN(C(=O)C(N)C2CCOCC2)CC1. The second-order valence-corrected chi connectivity index (χ2v) is 8.00. The van der Waals surface area contributed by atoms with Crippen molar-refractivity contribution in [3.63, 3.8) is 0 Å². The molecule has 2 atom stereocenters. The van der Waals surface area contributed by atoms with Crippen LogP contribution in [0.4, 0.5) is 0 Å². The lowest BCUT2D eigenvalue weighted by atomic mass is 9.91. The van der Waals surface area contributed by atoms with Gasteiger partial charge in [-0.25, -0.2) is 0 Å². The Morgan fingerprint density at radius 2 is 1.65 bits per heavy atom. The Labute approximate surface area is 156 Å². The standard InChI is InChI=1S/C19H34N4O3/c1-14(18(24)21-16-4-2-3-5-16)22-8-10-23(11-9-22)19(25)17(20)15-6-12-26-13-7-15/h14-17H,2-13,20H2,1H3,(H,21,24). The van der Waals surface area contributed by atoms with Gasteiger partial charge < -0.3 is 20.7 Å². The van der Waals surface area contributed by atoms with Crippen molar-refractivity contribution in [2.24, 2.45) is 11.7 Å². The number of nitrogens with one attached hydrogen (secondary N) is 1. The van der Waals surface area contributed by atoms with Crippen LogP contribution in [0.15, 0.2) is 0 Å². The zero-order valence-electron chi connectivity index (χ0n) is 16.0. The van der Waals surface area contributed by atoms with Crippen LogP contribution in [0.3, 0.4) is 0 Å². The molecule has 2 aliphatic heterocycles. The Morgan fingerprint density at radius 3 is 2.27 bits per heavy atom. The number of carbonyl (C=O) groups excluding carboxylic acids is 2. The molecule has 3 N–H and O–H groups in total. The van der Waals surface area contributed by atoms with Crippen LogP contribution in [0.5, 0.6) is 0 Å². The van der Waals surface area contributed by atoms with E-state index in [1.54, 1.807) is 0 Å². The quantitative estimate of drug-likeness (QED) is 0.732. The molecule has 2 saturated heterocycles. The van der Waals surface area contributed by atoms with Crippen molar-refractivity contribution in [1.82, 2.24) is 15.1 Å². The second kappa shape index (κ2) is 9.15. The Bertz CT molecular complexity index is 481. The average molecular weight is 367 g/mol. The summed E-state index contributed by atoms with van der Waals surface area (Å²) < 4.78 is 5.36. The summed E-state index contributed by atoms with van der Waals surface area (Å²) in [6.07, 6.45) is 6.37. The van der Waals surface area contributed by atoms with E-state index < -0.39 is 6.04 Å². The molecule has 3 fully saturated rings. The molecule has 0 aromatic rings. The number of hydrogen-bond donors (Lipinski definition) is 2. The van der Waals surface area contributed by atoms with E-state index in [2.05, 4.69) is 10.2 Å². The van der Waals surface area contributed by atoms with E-state index >= 15 is 0 Å². The third-order valence-electron chi connectivity index (χ3n) is 6.31. The van der Waals surface area contributed by atoms with Crippen LogP contribution in [0, 0.1) is 5.92 Å². The number of hydrogen-bond acceptors (Lipinski definition) is 5. The minimum atomic E-state index is -0.423. The summed E-state index contributed by atoms with van der Waals surface area (Å²) in [6.45, 7) is 6.13. The number of rotatable bonds is 5. The van der Waals surface area contributed by atoms with Gasteiger partial charge in [0.15, 0.2) is 0 Å². The van der Waals surface area contributed by atoms with Crippen molar-refractivity contribution in [3.8, 4) is 0 Å². The van der Waals surface area contributed by atoms with Gasteiger partial charge in [-0.1, -0.05) is 12.8 Å². The van der Waals surface area contributed by atoms with Gasteiger partial charge in [-0.05, 0) is 38.5 Å². The van der Waals surface area contributed by atoms with E-state index in [1.165, 1.54) is 12.8 Å². The number of ether oxygens (including phenoxy) is 1. The largest absolute Gasteiger partial charge is 0.381 e. The van der Waals surface area contributed by atoms with Crippen molar-refractivity contribution in [2.75, 3.05) is 39.4 Å². The topological polar surface area (TPSA) is 87.9 Å². The minimum absolute atomic E-state index is 0.0552. The molecule has 0 aromatic heterocycles. The Hall–Kier alpha value is -1.18. The molecular weight excluding hydrogens is 332 g/mol. The summed E-state index contributed by atoms with van der Waals surface area (Å²) in [7, 11) is 0. The summed E-state index contributed by atoms with van der Waals surface area (Å²) in [5, 5.41) is 3.18. The molecule has 0 spiro atoms. The van der Waals surface area contributed by atoms with E-state index in [-0.39, 0.29) is 23.8 Å². The molecule has 0 aromatic carbocycles. The molecule has 7 nitrogen and oxygen atoms in total. The minimum Gasteiger partial charge on any atom is -0.381 e. The maximum absolute atomic E-state index is 12.7. The predicted molar refractivity (Wildman–Crippen MR) is 99.5 cm³/mol. The first-order valence-corrected chi connectivity index (χ1v) is 10.2. The highest BCUT2D eigenvalue weighted by Crippen LogP contribution is 2.20. The van der Waals surface area contributed by atoms with Crippen LogP contribution in [-0.4, -0.2) is 79.1 Å². The highest BCUT2D eigenvalue weighted by Gasteiger charge is 2.33. The second-order valence-electron chi connectivity index (χ2n) is 8.00. The molecule has 1 saturated carbocycles. The van der Waals surface area contributed by atoms with E-state index in [4.69, 9.17) is 10.5 Å². The van der Waals surface area contributed by atoms with Gasteiger partial charge >= 0.3 is 0 Å². The molecule has 1 aliphatic carbocycles. The first-order chi connectivity index (χ1) is 12.6. The highest BCUT2D eigenvalue weighted by atomic mass is 16.5. The monoisotopic (exact) mass is 366 g/mol. The summed E-state index contributed by atoms with van der Waals surface area (Å²) in [6, 6.07) is -0.212. The number of nitrogens with zero attached hydrogens (tertiary/aromatic N) is 2. The van der Waals surface area contributed by atoms with Gasteiger partial charge in [-0.15, -0.1) is 0 Å². The fourth-order valence-corrected chi connectivity index (χ4v) is 4.37. The average Bonchev–Trinajstić information content (AvgIpc) is 3.20. The maximum Gasteiger partial charge on any atom is 0.239 e. The molecule has 0 bridgehead atoms. The maximum atomic E-state index is 12.7. The van der Waals surface area contributed by atoms with Gasteiger partial charge in [0.25, 0.3) is 0 Å². The Morgan fingerprint density at radius 1 is 1.04 bits per heavy atom. The van der Waals surface area contributed by atoms with Crippen LogP contribution >= 0.6 is 0 Å². The summed E-state index contributed by atoms with van der Waals surface area (Å²) in [4.78, 5) is 29.2. The fourth-order valence-electron chi connectivity index (χ4n) is 4.37. The molecule has 2 amide bonds. The van der Waals surface area contributed by atoms with Crippen LogP contribution in [-0.2, 0) is 14.3 Å². The van der Waals surface area contributed by atoms with Gasteiger partial charge in [0, 0.05) is 45.4 Å². The van der Waals surface area contributed by atoms with Crippen LogP contribution < -0.4 is 11.1 Å². The number of carbonyl (C=O) groups is 2. The van der Waals surface area contributed by atoms with E-state index in [0.717, 1.165) is 38.8 Å². The number of piperazine rings is 1. The van der Waals surface area contributed by atoms with Crippen molar-refractivity contribution < 1.29 is 14.3 Å². The predicted octanol–water partition coefficient (Wildman–Crippen LogP) is 0.332. The van der Waals surface area contributed by atoms with Gasteiger partial charge in [-0.3, -0.25) is 14.5 Å². The number of amides is 2. The Balaban J connectivity index is 1.43. The van der Waals surface area contributed by atoms with E-state index in [9.17, 15) is 9.59 Å². The van der Waals surface area contributed by atoms with Crippen LogP contribution in [0.2, 0.25) is 0 Å². The first-order valence-electron chi connectivity index (χ1n) is 10.2. The first kappa shape index (κ1) is 19.6. The third kappa shape index (κ3) is 4.75. The lowest BCUT2D eigenvalue weighted by molar-refractivity contribution is -0.137. The molecule has 3 rings (SSSR count). The molecule has 7 heteroatoms. The van der Waals surface area contributed by atoms with Crippen molar-refractivity contribution in [2.45, 2.75) is 63.6 Å². The molecule has 2 unspecified atom stereocenters. The molecule has 26 heavy (non-hydrogen) atoms. The molecular formula is C19H34N4O3. The van der Waals surface area contributed by atoms with E-state index in [0.29, 0.717) is 32.3 Å². The number of nitrogens with two attached hydrogens (primary N) is 1. The van der Waals surface area contributed by atoms with Gasteiger partial charge in [0.1, 0.15) is 0 Å². The zero-order chi connectivity index (χ0) is 18.5. The van der Waals surface area contributed by atoms with Crippen molar-refractivity contribution in [1.29, 1.82) is 0 Å². The van der Waals surface area contributed by atoms with Crippen LogP contribution in [0.1, 0.15) is 45.4 Å². The van der Waals surface area contributed by atoms with Crippen molar-refractivity contribution >= 4 is 11.8 Å². The highest BCUT2D eigenvalue weighted by molar-refractivity contribution is 5.83.